The quantitative estimate of drug-likeness (QED) is 0.184. The first-order chi connectivity index (χ1) is 12.5. The average molecular weight is 499 g/mol. The van der Waals surface area contributed by atoms with E-state index in [2.05, 4.69) is 15.6 Å². The van der Waals surface area contributed by atoms with E-state index >= 15 is 0 Å². The van der Waals surface area contributed by atoms with Gasteiger partial charge in [-0.05, 0) is 36.2 Å². The monoisotopic (exact) mass is 499 g/mol. The zero-order valence-electron chi connectivity index (χ0n) is 14.6. The smallest absolute Gasteiger partial charge is 0.416 e. The summed E-state index contributed by atoms with van der Waals surface area (Å²) in [6, 6.07) is 8.67. The molecule has 0 atom stereocenters. The highest BCUT2D eigenvalue weighted by Crippen LogP contribution is 2.29. The molecule has 0 saturated heterocycles. The van der Waals surface area contributed by atoms with Gasteiger partial charge in [-0.2, -0.15) is 13.2 Å². The molecule has 1 heterocycles. The van der Waals surface area contributed by atoms with Crippen molar-refractivity contribution in [1.82, 2.24) is 10.6 Å². The van der Waals surface area contributed by atoms with E-state index in [1.807, 2.05) is 6.07 Å². The molecule has 2 rings (SSSR count). The lowest BCUT2D eigenvalue weighted by Crippen LogP contribution is -2.39. The van der Waals surface area contributed by atoms with Crippen LogP contribution in [0.2, 0.25) is 0 Å². The molecule has 0 bridgehead atoms. The van der Waals surface area contributed by atoms with Gasteiger partial charge in [0.2, 0.25) is 0 Å². The Bertz CT molecular complexity index is 690. The molecule has 0 amide bonds. The van der Waals surface area contributed by atoms with Crippen LogP contribution in [0.4, 0.5) is 17.6 Å². The third-order valence-corrected chi connectivity index (χ3v) is 3.52. The van der Waals surface area contributed by atoms with Crippen LogP contribution in [0.15, 0.2) is 52.1 Å². The molecule has 1 aromatic heterocycles. The molecule has 2 N–H and O–H groups in total. The van der Waals surface area contributed by atoms with Crippen molar-refractivity contribution >= 4 is 29.9 Å². The highest BCUT2D eigenvalue weighted by molar-refractivity contribution is 14.0. The molecule has 0 radical (unpaired) electrons. The van der Waals surface area contributed by atoms with E-state index in [-0.39, 0.29) is 30.5 Å². The second-order valence-corrected chi connectivity index (χ2v) is 5.59. The fourth-order valence-corrected chi connectivity index (χ4v) is 2.22. The highest BCUT2D eigenvalue weighted by atomic mass is 127. The summed E-state index contributed by atoms with van der Waals surface area (Å²) in [5.74, 6) is 1.22. The Morgan fingerprint density at radius 1 is 1.07 bits per heavy atom. The lowest BCUT2D eigenvalue weighted by molar-refractivity contribution is -0.137. The largest absolute Gasteiger partial charge is 0.469 e. The predicted molar refractivity (Wildman–Crippen MR) is 107 cm³/mol. The van der Waals surface area contributed by atoms with Gasteiger partial charge < -0.3 is 15.1 Å². The van der Waals surface area contributed by atoms with Crippen LogP contribution in [0.3, 0.4) is 0 Å². The second-order valence-electron chi connectivity index (χ2n) is 5.59. The Kier molecular flexibility index (Phi) is 10.2. The van der Waals surface area contributed by atoms with Crippen LogP contribution < -0.4 is 10.6 Å². The fourth-order valence-electron chi connectivity index (χ4n) is 2.22. The summed E-state index contributed by atoms with van der Waals surface area (Å²) in [5, 5.41) is 6.03. The van der Waals surface area contributed by atoms with E-state index in [1.54, 1.807) is 18.4 Å². The minimum atomic E-state index is -4.39. The topological polar surface area (TPSA) is 49.6 Å². The molecule has 0 saturated carbocycles. The first-order valence-corrected chi connectivity index (χ1v) is 8.25. The average Bonchev–Trinajstić information content (AvgIpc) is 3.12. The van der Waals surface area contributed by atoms with Gasteiger partial charge in [-0.1, -0.05) is 12.1 Å². The van der Waals surface area contributed by atoms with Gasteiger partial charge in [-0.15, -0.1) is 24.0 Å². The van der Waals surface area contributed by atoms with Crippen molar-refractivity contribution in [2.24, 2.45) is 4.99 Å². The lowest BCUT2D eigenvalue weighted by Gasteiger charge is -2.12. The number of benzene rings is 1. The van der Waals surface area contributed by atoms with Crippen LogP contribution in [-0.2, 0) is 19.1 Å². The van der Waals surface area contributed by atoms with Gasteiger partial charge in [-0.3, -0.25) is 4.39 Å². The number of nitrogens with one attached hydrogen (secondary N) is 2. The van der Waals surface area contributed by atoms with Crippen LogP contribution in [0.5, 0.6) is 0 Å². The van der Waals surface area contributed by atoms with Crippen molar-refractivity contribution in [3.05, 3.63) is 59.5 Å². The Morgan fingerprint density at radius 2 is 1.85 bits per heavy atom. The molecule has 0 aliphatic heterocycles. The zero-order chi connectivity index (χ0) is 18.8. The first kappa shape index (κ1) is 23.3. The van der Waals surface area contributed by atoms with E-state index in [9.17, 15) is 17.6 Å². The molecule has 0 aliphatic rings. The standard InChI is InChI=1S/C18H21F4N3O.HI/c19-8-3-9-23-17(24-10-7-16-6-2-11-26-16)25-13-14-4-1-5-15(12-14)18(20,21)22;/h1-2,4-6,11-12H,3,7-10,13H2,(H2,23,24,25);1H. The van der Waals surface area contributed by atoms with Crippen LogP contribution in [0.1, 0.15) is 23.3 Å². The number of hydrogen-bond acceptors (Lipinski definition) is 2. The molecule has 0 fully saturated rings. The number of rotatable bonds is 8. The maximum atomic E-state index is 12.8. The Balaban J connectivity index is 0.00000364. The van der Waals surface area contributed by atoms with Crippen molar-refractivity contribution < 1.29 is 22.0 Å². The summed E-state index contributed by atoms with van der Waals surface area (Å²) in [7, 11) is 0. The molecule has 27 heavy (non-hydrogen) atoms. The number of halogens is 5. The number of furan rings is 1. The van der Waals surface area contributed by atoms with Gasteiger partial charge in [0.05, 0.1) is 25.0 Å². The number of guanidine groups is 1. The Labute approximate surface area is 172 Å². The van der Waals surface area contributed by atoms with Gasteiger partial charge in [0, 0.05) is 19.5 Å². The van der Waals surface area contributed by atoms with Crippen molar-refractivity contribution in [3.63, 3.8) is 0 Å². The fraction of sp³-hybridized carbons (Fsp3) is 0.389. The third kappa shape index (κ3) is 8.63. The minimum Gasteiger partial charge on any atom is -0.469 e. The zero-order valence-corrected chi connectivity index (χ0v) is 16.9. The first-order valence-electron chi connectivity index (χ1n) is 8.25. The van der Waals surface area contributed by atoms with Crippen LogP contribution in [-0.4, -0.2) is 25.7 Å². The van der Waals surface area contributed by atoms with Crippen LogP contribution in [0, 0.1) is 0 Å². The van der Waals surface area contributed by atoms with Gasteiger partial charge in [-0.25, -0.2) is 4.99 Å². The maximum Gasteiger partial charge on any atom is 0.416 e. The predicted octanol–water partition coefficient (Wildman–Crippen LogP) is 4.55. The summed E-state index contributed by atoms with van der Waals surface area (Å²) < 4.78 is 55.8. The number of nitrogens with zero attached hydrogens (tertiary/aromatic N) is 1. The SMILES string of the molecule is FCCCNC(=NCc1cccc(C(F)(F)F)c1)NCCc1ccco1.I. The molecule has 0 spiro atoms. The number of alkyl halides is 4. The Morgan fingerprint density at radius 3 is 2.52 bits per heavy atom. The van der Waals surface area contributed by atoms with Gasteiger partial charge in [0.1, 0.15) is 5.76 Å². The third-order valence-electron chi connectivity index (χ3n) is 3.52. The van der Waals surface area contributed by atoms with E-state index < -0.39 is 18.4 Å². The highest BCUT2D eigenvalue weighted by Gasteiger charge is 2.30. The molecule has 4 nitrogen and oxygen atoms in total. The normalized spacial score (nSPS) is 11.8. The van der Waals surface area contributed by atoms with Crippen molar-refractivity contribution in [2.75, 3.05) is 19.8 Å². The van der Waals surface area contributed by atoms with Crippen LogP contribution in [0.25, 0.3) is 0 Å². The van der Waals surface area contributed by atoms with Crippen molar-refractivity contribution in [2.45, 2.75) is 25.6 Å². The Hall–Kier alpha value is -1.78. The molecule has 1 aromatic carbocycles. The molecule has 150 valence electrons. The summed E-state index contributed by atoms with van der Waals surface area (Å²) in [5.41, 5.74) is -0.264. The van der Waals surface area contributed by atoms with Crippen molar-refractivity contribution in [3.8, 4) is 0 Å². The second kappa shape index (κ2) is 11.8. The maximum absolute atomic E-state index is 12.8. The van der Waals surface area contributed by atoms with E-state index in [0.717, 1.165) is 17.9 Å². The summed E-state index contributed by atoms with van der Waals surface area (Å²) in [6.07, 6.45) is -1.86. The van der Waals surface area contributed by atoms with E-state index in [1.165, 1.54) is 6.07 Å². The van der Waals surface area contributed by atoms with Gasteiger partial charge in [0.15, 0.2) is 5.96 Å². The molecular formula is C18H22F4IN3O. The van der Waals surface area contributed by atoms with E-state index in [4.69, 9.17) is 4.42 Å². The molecule has 0 unspecified atom stereocenters. The molecule has 0 aliphatic carbocycles. The van der Waals surface area contributed by atoms with Gasteiger partial charge in [0.25, 0.3) is 0 Å². The summed E-state index contributed by atoms with van der Waals surface area (Å²) in [4.78, 5) is 4.28. The summed E-state index contributed by atoms with van der Waals surface area (Å²) in [6.45, 7) is 0.527. The number of aliphatic imine (C=N–C) groups is 1. The number of hydrogen-bond donors (Lipinski definition) is 2. The van der Waals surface area contributed by atoms with Crippen LogP contribution >= 0.6 is 24.0 Å². The summed E-state index contributed by atoms with van der Waals surface area (Å²) >= 11 is 0. The molecule has 9 heteroatoms. The molecular weight excluding hydrogens is 477 g/mol. The lowest BCUT2D eigenvalue weighted by atomic mass is 10.1. The van der Waals surface area contributed by atoms with Gasteiger partial charge >= 0.3 is 6.18 Å². The minimum absolute atomic E-state index is 0. The van der Waals surface area contributed by atoms with Crippen molar-refractivity contribution in [1.29, 1.82) is 0 Å². The van der Waals surface area contributed by atoms with E-state index in [0.29, 0.717) is 37.5 Å². The molecule has 2 aromatic rings.